The van der Waals surface area contributed by atoms with Crippen LogP contribution in [-0.2, 0) is 17.4 Å². The Morgan fingerprint density at radius 2 is 1.57 bits per heavy atom. The SMILES string of the molecule is O=C(NNC(=O)C1CCCC1)c1ccccc1Cc1ccc(C(F)(F)F)cc1. The highest BCUT2D eigenvalue weighted by molar-refractivity contribution is 5.97. The first-order valence-electron chi connectivity index (χ1n) is 9.19. The van der Waals surface area contributed by atoms with Crippen LogP contribution in [0.25, 0.3) is 0 Å². The molecule has 4 nitrogen and oxygen atoms in total. The van der Waals surface area contributed by atoms with Gasteiger partial charge in [-0.1, -0.05) is 43.2 Å². The van der Waals surface area contributed by atoms with E-state index >= 15 is 0 Å². The number of amides is 2. The molecule has 0 atom stereocenters. The molecule has 1 aliphatic rings. The van der Waals surface area contributed by atoms with Gasteiger partial charge < -0.3 is 0 Å². The van der Waals surface area contributed by atoms with Crippen molar-refractivity contribution < 1.29 is 22.8 Å². The van der Waals surface area contributed by atoms with Gasteiger partial charge in [0.2, 0.25) is 5.91 Å². The molecular formula is C21H21F3N2O2. The van der Waals surface area contributed by atoms with Crippen molar-refractivity contribution >= 4 is 11.8 Å². The summed E-state index contributed by atoms with van der Waals surface area (Å²) in [5, 5.41) is 0. The molecule has 0 radical (unpaired) electrons. The van der Waals surface area contributed by atoms with Gasteiger partial charge in [-0.2, -0.15) is 13.2 Å². The zero-order valence-corrected chi connectivity index (χ0v) is 15.2. The fraction of sp³-hybridized carbons (Fsp3) is 0.333. The van der Waals surface area contributed by atoms with Crippen molar-refractivity contribution in [2.45, 2.75) is 38.3 Å². The van der Waals surface area contributed by atoms with Crippen LogP contribution in [0.5, 0.6) is 0 Å². The minimum atomic E-state index is -4.38. The zero-order valence-electron chi connectivity index (χ0n) is 15.2. The molecule has 2 aromatic carbocycles. The Bertz CT molecular complexity index is 841. The molecule has 148 valence electrons. The predicted molar refractivity (Wildman–Crippen MR) is 98.3 cm³/mol. The van der Waals surface area contributed by atoms with E-state index in [1.54, 1.807) is 24.3 Å². The molecule has 0 aromatic heterocycles. The Kier molecular flexibility index (Phi) is 6.02. The topological polar surface area (TPSA) is 58.2 Å². The molecule has 0 bridgehead atoms. The Morgan fingerprint density at radius 1 is 0.929 bits per heavy atom. The smallest absolute Gasteiger partial charge is 0.273 e. The third kappa shape index (κ3) is 4.91. The normalized spacial score (nSPS) is 14.7. The van der Waals surface area contributed by atoms with E-state index in [1.807, 2.05) is 0 Å². The van der Waals surface area contributed by atoms with Crippen molar-refractivity contribution in [1.29, 1.82) is 0 Å². The van der Waals surface area contributed by atoms with Crippen LogP contribution in [0.3, 0.4) is 0 Å². The average molecular weight is 390 g/mol. The maximum atomic E-state index is 12.7. The summed E-state index contributed by atoms with van der Waals surface area (Å²) >= 11 is 0. The molecule has 3 rings (SSSR count). The number of rotatable bonds is 4. The summed E-state index contributed by atoms with van der Waals surface area (Å²) in [4.78, 5) is 24.5. The number of benzene rings is 2. The van der Waals surface area contributed by atoms with Gasteiger partial charge in [-0.3, -0.25) is 20.4 Å². The summed E-state index contributed by atoms with van der Waals surface area (Å²) in [5.74, 6) is -0.706. The lowest BCUT2D eigenvalue weighted by Gasteiger charge is -2.14. The minimum Gasteiger partial charge on any atom is -0.273 e. The minimum absolute atomic E-state index is 0.0670. The van der Waals surface area contributed by atoms with Crippen LogP contribution >= 0.6 is 0 Å². The molecule has 1 aliphatic carbocycles. The second-order valence-corrected chi connectivity index (χ2v) is 6.95. The Labute approximate surface area is 161 Å². The van der Waals surface area contributed by atoms with E-state index in [0.29, 0.717) is 23.1 Å². The molecule has 0 unspecified atom stereocenters. The summed E-state index contributed by atoms with van der Waals surface area (Å²) in [7, 11) is 0. The molecule has 2 amide bonds. The van der Waals surface area contributed by atoms with E-state index in [0.717, 1.165) is 37.8 Å². The van der Waals surface area contributed by atoms with Gasteiger partial charge in [0.15, 0.2) is 0 Å². The highest BCUT2D eigenvalue weighted by Gasteiger charge is 2.30. The molecule has 1 fully saturated rings. The first-order valence-corrected chi connectivity index (χ1v) is 9.19. The molecule has 28 heavy (non-hydrogen) atoms. The van der Waals surface area contributed by atoms with Gasteiger partial charge in [0.1, 0.15) is 0 Å². The van der Waals surface area contributed by atoms with Crippen LogP contribution in [0.15, 0.2) is 48.5 Å². The Hall–Kier alpha value is -2.83. The van der Waals surface area contributed by atoms with Gasteiger partial charge in [-0.05, 0) is 48.6 Å². The number of hydrazine groups is 1. The summed E-state index contributed by atoms with van der Waals surface area (Å²) in [6, 6.07) is 11.7. The molecule has 2 N–H and O–H groups in total. The van der Waals surface area contributed by atoms with Crippen LogP contribution in [0.2, 0.25) is 0 Å². The lowest BCUT2D eigenvalue weighted by Crippen LogP contribution is -2.44. The van der Waals surface area contributed by atoms with Crippen LogP contribution < -0.4 is 10.9 Å². The van der Waals surface area contributed by atoms with Crippen molar-refractivity contribution in [3.63, 3.8) is 0 Å². The fourth-order valence-corrected chi connectivity index (χ4v) is 3.40. The number of carbonyl (C=O) groups excluding carboxylic acids is 2. The number of hydrogen-bond donors (Lipinski definition) is 2. The fourth-order valence-electron chi connectivity index (χ4n) is 3.40. The van der Waals surface area contributed by atoms with Gasteiger partial charge in [-0.25, -0.2) is 0 Å². The summed E-state index contributed by atoms with van der Waals surface area (Å²) in [5.41, 5.74) is 5.89. The van der Waals surface area contributed by atoms with Crippen molar-refractivity contribution in [3.8, 4) is 0 Å². The monoisotopic (exact) mass is 390 g/mol. The molecule has 0 saturated heterocycles. The van der Waals surface area contributed by atoms with Gasteiger partial charge in [0, 0.05) is 11.5 Å². The third-order valence-electron chi connectivity index (χ3n) is 4.96. The van der Waals surface area contributed by atoms with Gasteiger partial charge in [0.05, 0.1) is 5.56 Å². The number of alkyl halides is 3. The summed E-state index contributed by atoms with van der Waals surface area (Å²) < 4.78 is 38.1. The molecule has 2 aromatic rings. The van der Waals surface area contributed by atoms with E-state index in [9.17, 15) is 22.8 Å². The van der Waals surface area contributed by atoms with E-state index in [1.165, 1.54) is 12.1 Å². The second-order valence-electron chi connectivity index (χ2n) is 6.95. The van der Waals surface area contributed by atoms with Crippen molar-refractivity contribution in [1.82, 2.24) is 10.9 Å². The number of halogens is 3. The Morgan fingerprint density at radius 3 is 2.21 bits per heavy atom. The van der Waals surface area contributed by atoms with Crippen LogP contribution in [0.1, 0.15) is 52.7 Å². The lowest BCUT2D eigenvalue weighted by atomic mass is 9.98. The zero-order chi connectivity index (χ0) is 20.1. The molecule has 7 heteroatoms. The largest absolute Gasteiger partial charge is 0.416 e. The molecule has 0 heterocycles. The number of hydrogen-bond acceptors (Lipinski definition) is 2. The standard InChI is InChI=1S/C21H21F3N2O2/c22-21(23,24)17-11-9-14(10-12-17)13-16-7-3-4-8-18(16)20(28)26-25-19(27)15-5-1-2-6-15/h3-4,7-12,15H,1-2,5-6,13H2,(H,25,27)(H,26,28). The highest BCUT2D eigenvalue weighted by atomic mass is 19.4. The highest BCUT2D eigenvalue weighted by Crippen LogP contribution is 2.29. The summed E-state index contributed by atoms with van der Waals surface area (Å²) in [6.07, 6.45) is -0.394. The van der Waals surface area contributed by atoms with Crippen molar-refractivity contribution in [3.05, 3.63) is 70.8 Å². The molecule has 0 aliphatic heterocycles. The molecule has 0 spiro atoms. The predicted octanol–water partition coefficient (Wildman–Crippen LogP) is 4.25. The first-order chi connectivity index (χ1) is 13.3. The van der Waals surface area contributed by atoms with Crippen molar-refractivity contribution in [2.24, 2.45) is 5.92 Å². The summed E-state index contributed by atoms with van der Waals surface area (Å²) in [6.45, 7) is 0. The van der Waals surface area contributed by atoms with Crippen molar-refractivity contribution in [2.75, 3.05) is 0 Å². The molecule has 1 saturated carbocycles. The number of carbonyl (C=O) groups is 2. The average Bonchev–Trinajstić information content (AvgIpc) is 3.21. The van der Waals surface area contributed by atoms with E-state index < -0.39 is 17.6 Å². The lowest BCUT2D eigenvalue weighted by molar-refractivity contribution is -0.137. The van der Waals surface area contributed by atoms with Crippen LogP contribution in [0.4, 0.5) is 13.2 Å². The number of nitrogens with one attached hydrogen (secondary N) is 2. The quantitative estimate of drug-likeness (QED) is 0.767. The van der Waals surface area contributed by atoms with E-state index in [4.69, 9.17) is 0 Å². The second kappa shape index (κ2) is 8.46. The van der Waals surface area contributed by atoms with Gasteiger partial charge in [0.25, 0.3) is 5.91 Å². The van der Waals surface area contributed by atoms with E-state index in [-0.39, 0.29) is 11.8 Å². The van der Waals surface area contributed by atoms with E-state index in [2.05, 4.69) is 10.9 Å². The molecular weight excluding hydrogens is 369 g/mol. The van der Waals surface area contributed by atoms with Gasteiger partial charge >= 0.3 is 6.18 Å². The van der Waals surface area contributed by atoms with Crippen LogP contribution in [-0.4, -0.2) is 11.8 Å². The maximum Gasteiger partial charge on any atom is 0.416 e. The first kappa shape index (κ1) is 19.9. The van der Waals surface area contributed by atoms with Gasteiger partial charge in [-0.15, -0.1) is 0 Å². The maximum absolute atomic E-state index is 12.7. The van der Waals surface area contributed by atoms with Crippen LogP contribution in [0, 0.1) is 5.92 Å². The third-order valence-corrected chi connectivity index (χ3v) is 4.96. The Balaban J connectivity index is 1.66.